The van der Waals surface area contributed by atoms with Gasteiger partial charge in [0.1, 0.15) is 0 Å². The van der Waals surface area contributed by atoms with E-state index in [0.29, 0.717) is 6.54 Å². The Kier molecular flexibility index (Phi) is 10.4. The van der Waals surface area contributed by atoms with Crippen LogP contribution in [0.3, 0.4) is 0 Å². The summed E-state index contributed by atoms with van der Waals surface area (Å²) in [6.07, 6.45) is 7.23. The molecule has 8 nitrogen and oxygen atoms in total. The standard InChI is InChI=1S/C13H31NO7P2/c1-3-4-5-6-7-8-9-11-14(2)12-10-13(15,22(16,17)18)23(19,20)21/h15H,3-12H2,1-2H3,(H2,16,17,18)(H2,19,20,21). The molecule has 5 N–H and O–H groups in total. The molecule has 0 aromatic carbocycles. The van der Waals surface area contributed by atoms with Crippen LogP contribution in [-0.2, 0) is 9.13 Å². The fourth-order valence-electron chi connectivity index (χ4n) is 2.25. The van der Waals surface area contributed by atoms with Crippen LogP contribution in [0.4, 0.5) is 0 Å². The highest BCUT2D eigenvalue weighted by Crippen LogP contribution is 2.68. The van der Waals surface area contributed by atoms with Crippen LogP contribution in [0.25, 0.3) is 0 Å². The van der Waals surface area contributed by atoms with Crippen LogP contribution in [-0.4, -0.2) is 54.8 Å². The maximum absolute atomic E-state index is 11.2. The van der Waals surface area contributed by atoms with E-state index in [0.717, 1.165) is 19.3 Å². The van der Waals surface area contributed by atoms with Gasteiger partial charge in [-0.2, -0.15) is 0 Å². The van der Waals surface area contributed by atoms with E-state index in [1.807, 2.05) is 0 Å². The van der Waals surface area contributed by atoms with Crippen LogP contribution in [0.1, 0.15) is 58.3 Å². The second-order valence-electron chi connectivity index (χ2n) is 6.04. The van der Waals surface area contributed by atoms with Gasteiger partial charge in [0.25, 0.3) is 5.08 Å². The van der Waals surface area contributed by atoms with Crippen LogP contribution in [0.15, 0.2) is 0 Å². The van der Waals surface area contributed by atoms with Gasteiger partial charge in [-0.25, -0.2) is 0 Å². The molecule has 0 aromatic heterocycles. The van der Waals surface area contributed by atoms with Crippen molar-refractivity contribution in [2.45, 2.75) is 63.4 Å². The maximum Gasteiger partial charge on any atom is 0.369 e. The highest BCUT2D eigenvalue weighted by molar-refractivity contribution is 7.72. The van der Waals surface area contributed by atoms with Crippen molar-refractivity contribution in [2.75, 3.05) is 20.1 Å². The first kappa shape index (κ1) is 23.2. The highest BCUT2D eigenvalue weighted by atomic mass is 31.2. The first-order chi connectivity index (χ1) is 10.5. The quantitative estimate of drug-likeness (QED) is 0.244. The van der Waals surface area contributed by atoms with Gasteiger partial charge in [0.2, 0.25) is 0 Å². The van der Waals surface area contributed by atoms with E-state index in [2.05, 4.69) is 6.92 Å². The van der Waals surface area contributed by atoms with E-state index >= 15 is 0 Å². The second kappa shape index (κ2) is 10.3. The Hall–Kier alpha value is 0.220. The van der Waals surface area contributed by atoms with Gasteiger partial charge >= 0.3 is 15.2 Å². The maximum atomic E-state index is 11.2. The summed E-state index contributed by atoms with van der Waals surface area (Å²) in [5, 5.41) is 6.46. The molecule has 0 saturated heterocycles. The van der Waals surface area contributed by atoms with Gasteiger partial charge in [-0.3, -0.25) is 9.13 Å². The van der Waals surface area contributed by atoms with Gasteiger partial charge in [-0.15, -0.1) is 0 Å². The lowest BCUT2D eigenvalue weighted by Crippen LogP contribution is -2.34. The largest absolute Gasteiger partial charge is 0.369 e. The van der Waals surface area contributed by atoms with Crippen LogP contribution >= 0.6 is 15.2 Å². The van der Waals surface area contributed by atoms with Crippen molar-refractivity contribution in [1.82, 2.24) is 4.90 Å². The fourth-order valence-corrected chi connectivity index (χ4v) is 4.39. The molecule has 0 fully saturated rings. The number of hydrogen-bond donors (Lipinski definition) is 5. The molecule has 0 aliphatic rings. The minimum atomic E-state index is -5.35. The third-order valence-corrected chi connectivity index (χ3v) is 7.78. The predicted molar refractivity (Wildman–Crippen MR) is 89.1 cm³/mol. The van der Waals surface area contributed by atoms with Crippen LogP contribution in [0.2, 0.25) is 0 Å². The van der Waals surface area contributed by atoms with Crippen LogP contribution in [0, 0.1) is 0 Å². The van der Waals surface area contributed by atoms with Gasteiger partial charge in [0, 0.05) is 13.0 Å². The first-order valence-corrected chi connectivity index (χ1v) is 11.2. The van der Waals surface area contributed by atoms with Crippen molar-refractivity contribution in [3.63, 3.8) is 0 Å². The van der Waals surface area contributed by atoms with E-state index in [-0.39, 0.29) is 6.54 Å². The summed E-state index contributed by atoms with van der Waals surface area (Å²) in [6.45, 7) is 2.79. The van der Waals surface area contributed by atoms with E-state index in [1.165, 1.54) is 25.7 Å². The van der Waals surface area contributed by atoms with Gasteiger partial charge in [-0.05, 0) is 20.0 Å². The lowest BCUT2D eigenvalue weighted by atomic mass is 10.1. The summed E-state index contributed by atoms with van der Waals surface area (Å²) < 4.78 is 22.5. The third kappa shape index (κ3) is 8.23. The zero-order valence-corrected chi connectivity index (χ0v) is 15.8. The fraction of sp³-hybridized carbons (Fsp3) is 1.00. The molecule has 0 aliphatic carbocycles. The summed E-state index contributed by atoms with van der Waals surface area (Å²) in [4.78, 5) is 37.9. The minimum absolute atomic E-state index is 0.0114. The number of rotatable bonds is 13. The number of nitrogens with zero attached hydrogens (tertiary/aromatic N) is 1. The molecule has 23 heavy (non-hydrogen) atoms. The summed E-state index contributed by atoms with van der Waals surface area (Å²) in [7, 11) is -9.00. The van der Waals surface area contributed by atoms with Gasteiger partial charge < -0.3 is 29.6 Å². The molecule has 0 aliphatic heterocycles. The summed E-state index contributed by atoms with van der Waals surface area (Å²) in [5.74, 6) is 0. The molecule has 0 bridgehead atoms. The van der Waals surface area contributed by atoms with Crippen molar-refractivity contribution in [1.29, 1.82) is 0 Å². The molecule has 140 valence electrons. The molecule has 0 unspecified atom stereocenters. The van der Waals surface area contributed by atoms with E-state index in [1.54, 1.807) is 11.9 Å². The molecule has 0 rings (SSSR count). The average Bonchev–Trinajstić information content (AvgIpc) is 2.41. The van der Waals surface area contributed by atoms with Crippen LogP contribution < -0.4 is 0 Å². The average molecular weight is 375 g/mol. The molecule has 0 heterocycles. The summed E-state index contributed by atoms with van der Waals surface area (Å²) in [5.41, 5.74) is 0. The molecule has 0 saturated carbocycles. The smallest absolute Gasteiger partial charge is 0.367 e. The Morgan fingerprint density at radius 2 is 1.26 bits per heavy atom. The Morgan fingerprint density at radius 3 is 1.70 bits per heavy atom. The van der Waals surface area contributed by atoms with Crippen LogP contribution in [0.5, 0.6) is 0 Å². The molecule has 0 spiro atoms. The van der Waals surface area contributed by atoms with E-state index in [4.69, 9.17) is 19.6 Å². The highest BCUT2D eigenvalue weighted by Gasteiger charge is 2.58. The number of unbranched alkanes of at least 4 members (excludes halogenated alkanes) is 6. The Bertz CT molecular complexity index is 399. The Morgan fingerprint density at radius 1 is 0.826 bits per heavy atom. The van der Waals surface area contributed by atoms with Crippen molar-refractivity contribution in [2.24, 2.45) is 0 Å². The molecule has 10 heteroatoms. The van der Waals surface area contributed by atoms with Gasteiger partial charge in [0.05, 0.1) is 0 Å². The molecule has 0 amide bonds. The molecule has 0 aromatic rings. The van der Waals surface area contributed by atoms with E-state index < -0.39 is 26.7 Å². The normalized spacial score (nSPS) is 13.7. The minimum Gasteiger partial charge on any atom is -0.367 e. The molecule has 0 atom stereocenters. The second-order valence-corrected chi connectivity index (χ2v) is 10.0. The Balaban J connectivity index is 4.18. The Labute approximate surface area is 138 Å². The molecular formula is C13H31NO7P2. The molecule has 0 radical (unpaired) electrons. The monoisotopic (exact) mass is 375 g/mol. The SMILES string of the molecule is CCCCCCCCCN(C)CCC(O)(P(=O)(O)O)P(=O)(O)O. The molecular weight excluding hydrogens is 344 g/mol. The van der Waals surface area contributed by atoms with E-state index in [9.17, 15) is 14.2 Å². The number of aliphatic hydroxyl groups is 1. The number of hydrogen-bond acceptors (Lipinski definition) is 4. The van der Waals surface area contributed by atoms with Crippen molar-refractivity contribution >= 4 is 15.2 Å². The lowest BCUT2D eigenvalue weighted by molar-refractivity contribution is 0.112. The predicted octanol–water partition coefficient (Wildman–Crippen LogP) is 2.06. The third-order valence-electron chi connectivity index (χ3n) is 3.91. The summed E-state index contributed by atoms with van der Waals surface area (Å²) in [6, 6.07) is 0. The first-order valence-electron chi connectivity index (χ1n) is 7.98. The topological polar surface area (TPSA) is 139 Å². The lowest BCUT2D eigenvalue weighted by Gasteiger charge is -2.30. The zero-order valence-electron chi connectivity index (χ0n) is 14.0. The summed E-state index contributed by atoms with van der Waals surface area (Å²) >= 11 is 0. The van der Waals surface area contributed by atoms with Gasteiger partial charge in [-0.1, -0.05) is 45.4 Å². The van der Waals surface area contributed by atoms with Crippen molar-refractivity contribution in [3.8, 4) is 0 Å². The van der Waals surface area contributed by atoms with Crippen molar-refractivity contribution < 1.29 is 33.8 Å². The van der Waals surface area contributed by atoms with Gasteiger partial charge in [0.15, 0.2) is 0 Å². The zero-order chi connectivity index (χ0) is 18.1. The van der Waals surface area contributed by atoms with Crippen molar-refractivity contribution in [3.05, 3.63) is 0 Å².